The SMILES string of the molecule is O=C1C2=CC=CC1=CNc1cccc(c1)NC=C1C=CC=C(C=Nc3cccc(c3)N=C2)C1=O. The van der Waals surface area contributed by atoms with Gasteiger partial charge in [0.15, 0.2) is 11.6 Å². The van der Waals surface area contributed by atoms with Crippen LogP contribution in [0.3, 0.4) is 0 Å². The van der Waals surface area contributed by atoms with E-state index in [1.807, 2.05) is 54.6 Å². The van der Waals surface area contributed by atoms with Gasteiger partial charge in [-0.05, 0) is 60.7 Å². The fourth-order valence-corrected chi connectivity index (χ4v) is 3.54. The Kier molecular flexibility index (Phi) is 5.78. The second-order valence-electron chi connectivity index (χ2n) is 7.73. The molecule has 5 rings (SSSR count). The Labute approximate surface area is 196 Å². The molecule has 34 heavy (non-hydrogen) atoms. The lowest BCUT2D eigenvalue weighted by atomic mass is 9.99. The molecule has 2 aromatic carbocycles. The van der Waals surface area contributed by atoms with E-state index in [0.717, 1.165) is 11.4 Å². The standard InChI is InChI=1S/C28H20N4O2/c33-27-19-5-1-6-20(27)16-30-24-10-4-12-26(14-24)32-18-22-8-2-7-21(28(22)34)17-31-25-11-3-9-23(13-25)29-15-19/h1-18,29,31H. The molecule has 0 radical (unpaired) electrons. The lowest BCUT2D eigenvalue weighted by Crippen LogP contribution is -2.10. The van der Waals surface area contributed by atoms with Crippen molar-refractivity contribution in [3.63, 3.8) is 0 Å². The number of Topliss-reactive ketones (excluding diaryl/α,β-unsaturated/α-hetero) is 2. The number of benzene rings is 2. The summed E-state index contributed by atoms with van der Waals surface area (Å²) in [6.45, 7) is 0. The Bertz CT molecular complexity index is 1330. The maximum atomic E-state index is 12.9. The molecule has 0 saturated carbocycles. The van der Waals surface area contributed by atoms with Crippen LogP contribution >= 0.6 is 0 Å². The molecule has 0 unspecified atom stereocenters. The molecule has 6 nitrogen and oxygen atoms in total. The highest BCUT2D eigenvalue weighted by molar-refractivity contribution is 6.24. The number of nitrogens with zero attached hydrogens (tertiary/aromatic N) is 2. The van der Waals surface area contributed by atoms with Crippen LogP contribution in [0.5, 0.6) is 0 Å². The lowest BCUT2D eigenvalue weighted by Gasteiger charge is -2.11. The molecule has 2 aromatic rings. The summed E-state index contributed by atoms with van der Waals surface area (Å²) in [5.41, 5.74) is 4.91. The molecule has 1 aliphatic heterocycles. The Morgan fingerprint density at radius 2 is 1.09 bits per heavy atom. The number of ketones is 2. The van der Waals surface area contributed by atoms with E-state index >= 15 is 0 Å². The minimum Gasteiger partial charge on any atom is -0.361 e. The first kappa shape index (κ1) is 21.0. The predicted molar refractivity (Wildman–Crippen MR) is 137 cm³/mol. The van der Waals surface area contributed by atoms with Gasteiger partial charge in [0.05, 0.1) is 11.4 Å². The van der Waals surface area contributed by atoms with Gasteiger partial charge < -0.3 is 10.6 Å². The molecule has 2 aliphatic carbocycles. The van der Waals surface area contributed by atoms with Gasteiger partial charge in [0, 0.05) is 58.5 Å². The van der Waals surface area contributed by atoms with Crippen LogP contribution in [-0.4, -0.2) is 24.0 Å². The van der Waals surface area contributed by atoms with Crippen LogP contribution in [0.4, 0.5) is 22.7 Å². The lowest BCUT2D eigenvalue weighted by molar-refractivity contribution is -0.112. The van der Waals surface area contributed by atoms with E-state index in [4.69, 9.17) is 0 Å². The summed E-state index contributed by atoms with van der Waals surface area (Å²) in [7, 11) is 0. The van der Waals surface area contributed by atoms with Gasteiger partial charge in [0.1, 0.15) is 0 Å². The molecule has 0 fully saturated rings. The number of anilines is 2. The number of hydrogen-bond donors (Lipinski definition) is 2. The summed E-state index contributed by atoms with van der Waals surface area (Å²) in [6, 6.07) is 14.9. The Morgan fingerprint density at radius 3 is 1.62 bits per heavy atom. The molecule has 2 N–H and O–H groups in total. The molecule has 1 heterocycles. The van der Waals surface area contributed by atoms with Crippen molar-refractivity contribution >= 4 is 46.7 Å². The molecule has 0 spiro atoms. The molecule has 0 atom stereocenters. The summed E-state index contributed by atoms with van der Waals surface area (Å²) in [6.07, 6.45) is 17.1. The summed E-state index contributed by atoms with van der Waals surface area (Å²) in [5.74, 6) is -0.238. The second-order valence-corrected chi connectivity index (χ2v) is 7.73. The van der Waals surface area contributed by atoms with Gasteiger partial charge in [-0.3, -0.25) is 19.6 Å². The topological polar surface area (TPSA) is 82.9 Å². The monoisotopic (exact) mass is 444 g/mol. The van der Waals surface area contributed by atoms with E-state index in [1.54, 1.807) is 55.2 Å². The van der Waals surface area contributed by atoms with Crippen molar-refractivity contribution in [3.8, 4) is 0 Å². The number of nitrogens with one attached hydrogen (secondary N) is 2. The van der Waals surface area contributed by atoms with Crippen LogP contribution in [0.25, 0.3) is 0 Å². The smallest absolute Gasteiger partial charge is 0.196 e. The van der Waals surface area contributed by atoms with Crippen molar-refractivity contribution in [2.45, 2.75) is 0 Å². The third-order valence-corrected chi connectivity index (χ3v) is 5.34. The van der Waals surface area contributed by atoms with E-state index in [-0.39, 0.29) is 11.6 Å². The number of hydrogen-bond acceptors (Lipinski definition) is 6. The first-order valence-electron chi connectivity index (χ1n) is 10.7. The Hall–Kier alpha value is -4.84. The molecular formula is C28H20N4O2. The fraction of sp³-hybridized carbons (Fsp3) is 0. The maximum absolute atomic E-state index is 12.9. The molecular weight excluding hydrogens is 424 g/mol. The normalized spacial score (nSPS) is 17.1. The highest BCUT2D eigenvalue weighted by Crippen LogP contribution is 2.23. The zero-order valence-corrected chi connectivity index (χ0v) is 18.1. The van der Waals surface area contributed by atoms with Gasteiger partial charge in [-0.1, -0.05) is 24.3 Å². The number of carbonyl (C=O) groups is 2. The minimum atomic E-state index is -0.119. The number of fused-ring (bicyclic) bond motifs is 8. The molecule has 6 heteroatoms. The Morgan fingerprint density at radius 1 is 0.588 bits per heavy atom. The largest absolute Gasteiger partial charge is 0.361 e. The van der Waals surface area contributed by atoms with Crippen molar-refractivity contribution in [1.29, 1.82) is 0 Å². The fourth-order valence-electron chi connectivity index (χ4n) is 3.54. The van der Waals surface area contributed by atoms with Crippen molar-refractivity contribution in [2.24, 2.45) is 9.98 Å². The molecule has 0 amide bonds. The van der Waals surface area contributed by atoms with E-state index < -0.39 is 0 Å². The van der Waals surface area contributed by atoms with Crippen molar-refractivity contribution in [2.75, 3.05) is 10.6 Å². The van der Waals surface area contributed by atoms with E-state index in [9.17, 15) is 9.59 Å². The first-order valence-corrected chi connectivity index (χ1v) is 10.7. The van der Waals surface area contributed by atoms with E-state index in [0.29, 0.717) is 33.7 Å². The zero-order chi connectivity index (χ0) is 23.3. The molecule has 0 aromatic heterocycles. The number of carbonyl (C=O) groups excluding carboxylic acids is 2. The van der Waals surface area contributed by atoms with Crippen molar-refractivity contribution in [1.82, 2.24) is 0 Å². The van der Waals surface area contributed by atoms with Gasteiger partial charge in [-0.15, -0.1) is 0 Å². The van der Waals surface area contributed by atoms with Crippen LogP contribution in [0.1, 0.15) is 0 Å². The number of allylic oxidation sites excluding steroid dienone is 10. The predicted octanol–water partition coefficient (Wildman–Crippen LogP) is 5.53. The number of rotatable bonds is 0. The highest BCUT2D eigenvalue weighted by Gasteiger charge is 2.16. The first-order chi connectivity index (χ1) is 16.7. The van der Waals surface area contributed by atoms with Gasteiger partial charge in [-0.2, -0.15) is 0 Å². The van der Waals surface area contributed by atoms with Crippen LogP contribution in [0.2, 0.25) is 0 Å². The highest BCUT2D eigenvalue weighted by atomic mass is 16.1. The Balaban J connectivity index is 1.55. The van der Waals surface area contributed by atoms with Crippen LogP contribution in [0.15, 0.2) is 130 Å². The molecule has 3 aliphatic rings. The van der Waals surface area contributed by atoms with Gasteiger partial charge >= 0.3 is 0 Å². The number of aliphatic imine (C=N–C) groups is 2. The van der Waals surface area contributed by atoms with Crippen LogP contribution in [-0.2, 0) is 9.59 Å². The van der Waals surface area contributed by atoms with Gasteiger partial charge in [0.25, 0.3) is 0 Å². The minimum absolute atomic E-state index is 0.119. The zero-order valence-electron chi connectivity index (χ0n) is 18.1. The van der Waals surface area contributed by atoms with E-state index in [2.05, 4.69) is 20.6 Å². The second kappa shape index (κ2) is 9.34. The quantitative estimate of drug-likeness (QED) is 0.560. The van der Waals surface area contributed by atoms with Gasteiger partial charge in [-0.25, -0.2) is 0 Å². The average molecular weight is 444 g/mol. The summed E-state index contributed by atoms with van der Waals surface area (Å²) < 4.78 is 0. The molecule has 8 bridgehead atoms. The van der Waals surface area contributed by atoms with Crippen LogP contribution < -0.4 is 10.6 Å². The average Bonchev–Trinajstić information content (AvgIpc) is 2.86. The van der Waals surface area contributed by atoms with Crippen molar-refractivity contribution in [3.05, 3.63) is 120 Å². The molecule has 164 valence electrons. The third-order valence-electron chi connectivity index (χ3n) is 5.34. The van der Waals surface area contributed by atoms with E-state index in [1.165, 1.54) is 0 Å². The maximum Gasteiger partial charge on any atom is 0.196 e. The van der Waals surface area contributed by atoms with Crippen molar-refractivity contribution < 1.29 is 9.59 Å². The summed E-state index contributed by atoms with van der Waals surface area (Å²) in [4.78, 5) is 34.7. The molecule has 0 saturated heterocycles. The third kappa shape index (κ3) is 4.66. The summed E-state index contributed by atoms with van der Waals surface area (Å²) in [5, 5.41) is 6.35. The van der Waals surface area contributed by atoms with Gasteiger partial charge in [0.2, 0.25) is 0 Å². The summed E-state index contributed by atoms with van der Waals surface area (Å²) >= 11 is 0. The van der Waals surface area contributed by atoms with Crippen LogP contribution in [0, 0.1) is 0 Å².